The molecular formula is C44H63ClIN9O14. The number of rotatable bonds is 30. The fraction of sp³-hybridized carbons (Fsp3) is 0.523. The molecule has 0 bridgehead atoms. The van der Waals surface area contributed by atoms with E-state index in [1.54, 1.807) is 0 Å². The molecule has 25 heteroatoms. The number of nitrogens with two attached hydrogens (primary N) is 3. The van der Waals surface area contributed by atoms with Crippen LogP contribution in [0, 0.1) is 0 Å². The SMILES string of the molecule is NC(=NCCCCc1ccc(-c2ccc(CCC(=O)N[C@H](CCCCN(C[C@H](O)[C@@H](O)[C@H](O)[C@H](O)CO)C[C@H](O)[C@@H](O)[C@H](O)[C@H](O)CO)C(=O)C(=O)I)cc2)cc1)NC(=O)c1nc(Cl)c(N)nc1N. The van der Waals surface area contributed by atoms with Gasteiger partial charge in [0.25, 0.3) is 9.70 Å². The van der Waals surface area contributed by atoms with Gasteiger partial charge in [-0.25, -0.2) is 9.97 Å². The maximum Gasteiger partial charge on any atom is 0.280 e. The summed E-state index contributed by atoms with van der Waals surface area (Å²) in [5.41, 5.74) is 20.7. The van der Waals surface area contributed by atoms with Gasteiger partial charge >= 0.3 is 0 Å². The third-order valence-electron chi connectivity index (χ3n) is 11.0. The van der Waals surface area contributed by atoms with Crippen LogP contribution in [-0.4, -0.2) is 188 Å². The first-order valence-electron chi connectivity index (χ1n) is 22.0. The predicted octanol–water partition coefficient (Wildman–Crippen LogP) is -2.68. The maximum atomic E-state index is 13.1. The third kappa shape index (κ3) is 19.3. The summed E-state index contributed by atoms with van der Waals surface area (Å²) >= 11 is 7.16. The van der Waals surface area contributed by atoms with Gasteiger partial charge in [-0.3, -0.25) is 34.4 Å². The molecule has 18 N–H and O–H groups in total. The molecule has 2 aromatic carbocycles. The molecule has 23 nitrogen and oxygen atoms in total. The summed E-state index contributed by atoms with van der Waals surface area (Å²) in [6.45, 7) is -2.43. The number of aromatic nitrogens is 2. The lowest BCUT2D eigenvalue weighted by Gasteiger charge is -2.33. The molecule has 0 aliphatic rings. The Morgan fingerprint density at radius 1 is 0.696 bits per heavy atom. The molecule has 0 fully saturated rings. The van der Waals surface area contributed by atoms with Crippen LogP contribution in [0.15, 0.2) is 53.5 Å². The Labute approximate surface area is 416 Å². The number of unbranched alkanes of at least 4 members (excludes halogenated alkanes) is 2. The van der Waals surface area contributed by atoms with Crippen molar-refractivity contribution in [3.8, 4) is 11.1 Å². The number of amides is 2. The van der Waals surface area contributed by atoms with Crippen LogP contribution in [0.2, 0.25) is 5.15 Å². The lowest BCUT2D eigenvalue weighted by molar-refractivity contribution is -0.134. The van der Waals surface area contributed by atoms with E-state index in [2.05, 4.69) is 25.6 Å². The van der Waals surface area contributed by atoms with E-state index < -0.39 is 103 Å². The van der Waals surface area contributed by atoms with Gasteiger partial charge in [0.1, 0.15) is 36.6 Å². The van der Waals surface area contributed by atoms with Crippen LogP contribution in [0.5, 0.6) is 0 Å². The standard InChI is InChI=1S/C44H63ClIN9O14/c45-39-42(48)53-41(47)33(52-39)43(69)54-44(49)50-17-3-1-5-23-7-12-25(13-8-23)26-14-9-24(10-15-26)11-16-32(62)51-27(34(63)40(46)68)6-2-4-18-55(19-28(58)35(64)37(66)30(60)21-56)20-29(59)36(65)38(67)31(61)22-57/h7-10,12-15,27-31,35-38,56-61,64-67H,1-6,11,16-22H2,(H,51,62)(H4,47,48,53)(H3,49,50,54,69)/t27-,28+,29+,30-,31-,35-,36-,37-,38-/m1/s1. The highest BCUT2D eigenvalue weighted by atomic mass is 127. The van der Waals surface area contributed by atoms with E-state index in [4.69, 9.17) is 39.0 Å². The number of Topliss-reactive ketones (excluding diaryl/α,β-unsaturated/α-hetero) is 1. The minimum atomic E-state index is -1.96. The maximum absolute atomic E-state index is 13.1. The Hall–Kier alpha value is -4.55. The van der Waals surface area contributed by atoms with Gasteiger partial charge in [-0.1, -0.05) is 60.1 Å². The Morgan fingerprint density at radius 3 is 1.71 bits per heavy atom. The van der Waals surface area contributed by atoms with E-state index in [0.29, 0.717) is 19.4 Å². The first-order valence-corrected chi connectivity index (χ1v) is 23.4. The lowest BCUT2D eigenvalue weighted by atomic mass is 9.99. The lowest BCUT2D eigenvalue weighted by Crippen LogP contribution is -2.53. The normalized spacial score (nSPS) is 15.9. The number of halogens is 2. The highest BCUT2D eigenvalue weighted by Crippen LogP contribution is 2.22. The number of carbonyl (C=O) groups is 4. The number of hydrogen-bond acceptors (Lipinski definition) is 20. The van der Waals surface area contributed by atoms with Gasteiger partial charge in [0.15, 0.2) is 28.4 Å². The van der Waals surface area contributed by atoms with Gasteiger partial charge in [0, 0.05) is 48.6 Å². The third-order valence-corrected chi connectivity index (χ3v) is 11.8. The minimum Gasteiger partial charge on any atom is -0.394 e. The van der Waals surface area contributed by atoms with E-state index in [1.165, 1.54) is 27.5 Å². The van der Waals surface area contributed by atoms with Crippen molar-refractivity contribution in [2.24, 2.45) is 10.7 Å². The van der Waals surface area contributed by atoms with E-state index in [9.17, 15) is 60.0 Å². The van der Waals surface area contributed by atoms with E-state index in [-0.39, 0.29) is 60.7 Å². The van der Waals surface area contributed by atoms with E-state index in [0.717, 1.165) is 35.1 Å². The monoisotopic (exact) mass is 1100 g/mol. The van der Waals surface area contributed by atoms with E-state index >= 15 is 0 Å². The number of nitrogens with one attached hydrogen (secondary N) is 2. The average molecular weight is 1100 g/mol. The van der Waals surface area contributed by atoms with Gasteiger partial charge in [-0.15, -0.1) is 0 Å². The predicted molar refractivity (Wildman–Crippen MR) is 261 cm³/mol. The van der Waals surface area contributed by atoms with Crippen LogP contribution in [0.25, 0.3) is 11.1 Å². The largest absolute Gasteiger partial charge is 0.394 e. The van der Waals surface area contributed by atoms with Crippen molar-refractivity contribution in [2.75, 3.05) is 50.9 Å². The highest BCUT2D eigenvalue weighted by molar-refractivity contribution is 14.1. The molecule has 2 amide bonds. The zero-order chi connectivity index (χ0) is 51.4. The molecule has 1 aromatic heterocycles. The molecule has 1 heterocycles. The van der Waals surface area contributed by atoms with Gasteiger partial charge in [-0.05, 0) is 73.7 Å². The molecule has 0 unspecified atom stereocenters. The average Bonchev–Trinajstić information content (AvgIpc) is 3.33. The zero-order valence-electron chi connectivity index (χ0n) is 37.6. The zero-order valence-corrected chi connectivity index (χ0v) is 40.5. The molecule has 9 atom stereocenters. The number of nitrogens with zero attached hydrogens (tertiary/aromatic N) is 4. The number of nitrogen functional groups attached to an aromatic ring is 2. The number of ketones is 1. The fourth-order valence-corrected chi connectivity index (χ4v) is 7.44. The molecule has 382 valence electrons. The fourth-order valence-electron chi connectivity index (χ4n) is 6.93. The molecular weight excluding hydrogens is 1040 g/mol. The molecule has 3 aromatic rings. The Balaban J connectivity index is 1.49. The van der Waals surface area contributed by atoms with Crippen LogP contribution in [-0.2, 0) is 27.2 Å². The summed E-state index contributed by atoms with van der Waals surface area (Å²) in [5.74, 6) is -2.43. The van der Waals surface area contributed by atoms with Crippen molar-refractivity contribution >= 4 is 73.2 Å². The van der Waals surface area contributed by atoms with Crippen molar-refractivity contribution in [3.63, 3.8) is 0 Å². The van der Waals surface area contributed by atoms with Crippen LogP contribution >= 0.6 is 34.2 Å². The molecule has 0 spiro atoms. The summed E-state index contributed by atoms with van der Waals surface area (Å²) in [6.07, 6.45) is -11.9. The van der Waals surface area contributed by atoms with Gasteiger partial charge < -0.3 is 73.6 Å². The van der Waals surface area contributed by atoms with Crippen molar-refractivity contribution < 1.29 is 70.2 Å². The molecule has 69 heavy (non-hydrogen) atoms. The number of aryl methyl sites for hydroxylation is 2. The van der Waals surface area contributed by atoms with Crippen LogP contribution < -0.4 is 27.8 Å². The van der Waals surface area contributed by atoms with Gasteiger partial charge in [0.05, 0.1) is 31.5 Å². The van der Waals surface area contributed by atoms with Crippen molar-refractivity contribution in [1.29, 1.82) is 0 Å². The number of aliphatic hydroxyl groups is 10. The second-order valence-electron chi connectivity index (χ2n) is 16.3. The molecule has 0 radical (unpaired) electrons. The second-order valence-corrected chi connectivity index (χ2v) is 17.7. The topological polar surface area (TPSA) is 414 Å². The molecule has 3 rings (SSSR count). The first kappa shape index (κ1) is 58.8. The van der Waals surface area contributed by atoms with Crippen LogP contribution in [0.4, 0.5) is 11.6 Å². The van der Waals surface area contributed by atoms with Crippen molar-refractivity contribution in [3.05, 3.63) is 70.5 Å². The Kier molecular flexibility index (Phi) is 25.2. The molecule has 0 aliphatic carbocycles. The number of anilines is 2. The summed E-state index contributed by atoms with van der Waals surface area (Å²) < 4.78 is -0.800. The van der Waals surface area contributed by atoms with E-state index in [1.807, 2.05) is 48.5 Å². The number of hydrogen-bond donors (Lipinski definition) is 15. The van der Waals surface area contributed by atoms with Crippen LogP contribution in [0.3, 0.4) is 0 Å². The van der Waals surface area contributed by atoms with Crippen LogP contribution in [0.1, 0.15) is 60.1 Å². The molecule has 0 saturated carbocycles. The summed E-state index contributed by atoms with van der Waals surface area (Å²) in [6, 6.07) is 14.5. The number of benzene rings is 2. The van der Waals surface area contributed by atoms with Crippen molar-refractivity contribution in [1.82, 2.24) is 25.5 Å². The highest BCUT2D eigenvalue weighted by Gasteiger charge is 2.34. The number of aliphatic imine (C=N–C) groups is 1. The quantitative estimate of drug-likeness (QED) is 0.00808. The Bertz CT molecular complexity index is 2120. The van der Waals surface area contributed by atoms with Gasteiger partial charge in [0.2, 0.25) is 11.7 Å². The summed E-state index contributed by atoms with van der Waals surface area (Å²) in [5, 5.41) is 105. The van der Waals surface area contributed by atoms with Gasteiger partial charge in [-0.2, -0.15) is 0 Å². The summed E-state index contributed by atoms with van der Waals surface area (Å²) in [4.78, 5) is 63.5. The minimum absolute atomic E-state index is 0.00489. The van der Waals surface area contributed by atoms with Crippen molar-refractivity contribution in [2.45, 2.75) is 106 Å². The number of carbonyl (C=O) groups excluding carboxylic acids is 4. The number of aliphatic hydroxyl groups excluding tert-OH is 10. The summed E-state index contributed by atoms with van der Waals surface area (Å²) in [7, 11) is 0. The Morgan fingerprint density at radius 2 is 1.20 bits per heavy atom. The number of guanidine groups is 1. The second kappa shape index (κ2) is 29.6. The molecule has 0 saturated heterocycles. The molecule has 0 aliphatic heterocycles. The first-order chi connectivity index (χ1) is 32.7. The smallest absolute Gasteiger partial charge is 0.280 e.